The van der Waals surface area contributed by atoms with Crippen molar-refractivity contribution < 1.29 is 40.3 Å². The van der Waals surface area contributed by atoms with Crippen LogP contribution in [0.2, 0.25) is 0 Å². The van der Waals surface area contributed by atoms with Crippen molar-refractivity contribution in [3.05, 3.63) is 0 Å². The topological polar surface area (TPSA) is 26.3 Å². The Morgan fingerprint density at radius 2 is 1.52 bits per heavy atom. The number of hydrogen-bond acceptors (Lipinski definition) is 3. The third-order valence-corrected chi connectivity index (χ3v) is 4.86. The second kappa shape index (κ2) is 10.2. The van der Waals surface area contributed by atoms with Gasteiger partial charge in [-0.15, -0.1) is 11.8 Å². The molecule has 0 aromatic heterocycles. The van der Waals surface area contributed by atoms with E-state index >= 15 is 0 Å². The number of unbranched alkanes of at least 4 members (excludes halogenated alkanes) is 2. The molecule has 1 unspecified atom stereocenters. The number of halogens is 7. The smallest absolute Gasteiger partial charge is 0.459 e. The molecule has 0 aliphatic heterocycles. The minimum atomic E-state index is -6.30. The second-order valence-corrected chi connectivity index (χ2v) is 8.58. The standard InChI is InChI=1S/C17H27F7O2S/c1-5-6-9-12(13(25)26-14(2,3)4)27-11-8-7-10-15(18,19)16(20,21)17(22,23)24/h12H,5-11H2,1-4H3. The Balaban J connectivity index is 4.54. The Hall–Kier alpha value is -0.670. The fourth-order valence-corrected chi connectivity index (χ4v) is 3.24. The minimum absolute atomic E-state index is 0.0143. The SMILES string of the molecule is CCCCC(SCCCCC(F)(F)C(F)(F)C(F)(F)F)C(=O)OC(C)(C)C. The van der Waals surface area contributed by atoms with Gasteiger partial charge in [-0.1, -0.05) is 19.8 Å². The van der Waals surface area contributed by atoms with E-state index in [0.29, 0.717) is 6.42 Å². The van der Waals surface area contributed by atoms with Crippen LogP contribution in [0.5, 0.6) is 0 Å². The van der Waals surface area contributed by atoms with Crippen molar-refractivity contribution in [2.75, 3.05) is 5.75 Å². The lowest BCUT2D eigenvalue weighted by molar-refractivity contribution is -0.355. The summed E-state index contributed by atoms with van der Waals surface area (Å²) in [5, 5.41) is -0.527. The first-order chi connectivity index (χ1) is 12.0. The minimum Gasteiger partial charge on any atom is -0.459 e. The van der Waals surface area contributed by atoms with Crippen LogP contribution in [-0.4, -0.2) is 40.6 Å². The fraction of sp³-hybridized carbons (Fsp3) is 0.941. The van der Waals surface area contributed by atoms with Crippen LogP contribution in [0, 0.1) is 0 Å². The summed E-state index contributed by atoms with van der Waals surface area (Å²) in [6.07, 6.45) is -6.32. The molecule has 0 aliphatic carbocycles. The van der Waals surface area contributed by atoms with Gasteiger partial charge in [-0.2, -0.15) is 30.7 Å². The maximum Gasteiger partial charge on any atom is 0.459 e. The van der Waals surface area contributed by atoms with Gasteiger partial charge < -0.3 is 4.74 Å². The van der Waals surface area contributed by atoms with Gasteiger partial charge in [-0.3, -0.25) is 4.79 Å². The zero-order valence-corrected chi connectivity index (χ0v) is 16.7. The van der Waals surface area contributed by atoms with Gasteiger partial charge >= 0.3 is 24.0 Å². The average molecular weight is 428 g/mol. The summed E-state index contributed by atoms with van der Waals surface area (Å²) in [5.41, 5.74) is -0.687. The van der Waals surface area contributed by atoms with Crippen LogP contribution in [-0.2, 0) is 9.53 Å². The predicted molar refractivity (Wildman–Crippen MR) is 91.4 cm³/mol. The van der Waals surface area contributed by atoms with Gasteiger partial charge in [-0.25, -0.2) is 0 Å². The highest BCUT2D eigenvalue weighted by Crippen LogP contribution is 2.48. The van der Waals surface area contributed by atoms with Crippen molar-refractivity contribution in [3.63, 3.8) is 0 Å². The Morgan fingerprint density at radius 3 is 1.96 bits per heavy atom. The van der Waals surface area contributed by atoms with Crippen molar-refractivity contribution >= 4 is 17.7 Å². The molecule has 0 rings (SSSR count). The third-order valence-electron chi connectivity index (χ3n) is 3.51. The summed E-state index contributed by atoms with van der Waals surface area (Å²) in [5.74, 6) is -11.5. The van der Waals surface area contributed by atoms with E-state index in [1.165, 1.54) is 0 Å². The Morgan fingerprint density at radius 1 is 0.963 bits per heavy atom. The molecule has 0 N–H and O–H groups in total. The Kier molecular flexibility index (Phi) is 9.95. The molecule has 0 aromatic rings. The Labute approximate surface area is 159 Å². The van der Waals surface area contributed by atoms with E-state index in [2.05, 4.69) is 0 Å². The summed E-state index contributed by atoms with van der Waals surface area (Å²) in [7, 11) is 0. The molecule has 0 bridgehead atoms. The van der Waals surface area contributed by atoms with Crippen molar-refractivity contribution in [2.24, 2.45) is 0 Å². The highest BCUT2D eigenvalue weighted by Gasteiger charge is 2.72. The number of carbonyl (C=O) groups excluding carboxylic acids is 1. The number of esters is 1. The molecule has 0 saturated carbocycles. The van der Waals surface area contributed by atoms with E-state index in [9.17, 15) is 35.5 Å². The van der Waals surface area contributed by atoms with E-state index in [1.807, 2.05) is 6.92 Å². The summed E-state index contributed by atoms with van der Waals surface area (Å²) in [6.45, 7) is 7.04. The monoisotopic (exact) mass is 428 g/mol. The first kappa shape index (κ1) is 26.3. The van der Waals surface area contributed by atoms with E-state index in [4.69, 9.17) is 4.74 Å². The number of alkyl halides is 7. The maximum atomic E-state index is 13.2. The van der Waals surface area contributed by atoms with Crippen LogP contribution in [0.4, 0.5) is 30.7 Å². The molecular weight excluding hydrogens is 401 g/mol. The van der Waals surface area contributed by atoms with Crippen LogP contribution in [0.1, 0.15) is 66.2 Å². The van der Waals surface area contributed by atoms with Gasteiger partial charge in [0.05, 0.1) is 0 Å². The van der Waals surface area contributed by atoms with Gasteiger partial charge in [0.15, 0.2) is 0 Å². The molecule has 0 radical (unpaired) electrons. The third kappa shape index (κ3) is 8.91. The van der Waals surface area contributed by atoms with E-state index < -0.39 is 47.7 Å². The molecule has 1 atom stereocenters. The molecule has 0 aromatic carbocycles. The number of thioether (sulfide) groups is 1. The van der Waals surface area contributed by atoms with Gasteiger partial charge in [-0.05, 0) is 45.8 Å². The van der Waals surface area contributed by atoms with E-state index in [-0.39, 0.29) is 12.2 Å². The highest BCUT2D eigenvalue weighted by atomic mass is 32.2. The molecule has 27 heavy (non-hydrogen) atoms. The van der Waals surface area contributed by atoms with E-state index in [0.717, 1.165) is 24.6 Å². The molecule has 0 aliphatic rings. The molecule has 0 heterocycles. The summed E-state index contributed by atoms with van der Waals surface area (Å²) in [6, 6.07) is 0. The number of ether oxygens (including phenoxy) is 1. The average Bonchev–Trinajstić information content (AvgIpc) is 2.46. The zero-order valence-electron chi connectivity index (χ0n) is 15.9. The van der Waals surface area contributed by atoms with Gasteiger partial charge in [0, 0.05) is 6.42 Å². The van der Waals surface area contributed by atoms with Crippen molar-refractivity contribution in [1.29, 1.82) is 0 Å². The predicted octanol–water partition coefficient (Wildman–Crippen LogP) is 6.62. The van der Waals surface area contributed by atoms with Crippen LogP contribution in [0.25, 0.3) is 0 Å². The maximum absolute atomic E-state index is 13.2. The quantitative estimate of drug-likeness (QED) is 0.210. The van der Waals surface area contributed by atoms with Crippen LogP contribution < -0.4 is 0 Å². The normalized spacial score (nSPS) is 14.9. The van der Waals surface area contributed by atoms with Gasteiger partial charge in [0.1, 0.15) is 10.9 Å². The van der Waals surface area contributed by atoms with Crippen LogP contribution in [0.3, 0.4) is 0 Å². The largest absolute Gasteiger partial charge is 0.459 e. The highest BCUT2D eigenvalue weighted by molar-refractivity contribution is 8.00. The fourth-order valence-electron chi connectivity index (χ4n) is 2.07. The summed E-state index contributed by atoms with van der Waals surface area (Å²) >= 11 is 1.14. The number of hydrogen-bond donors (Lipinski definition) is 0. The molecule has 162 valence electrons. The number of rotatable bonds is 11. The van der Waals surface area contributed by atoms with Crippen molar-refractivity contribution in [2.45, 2.75) is 95.1 Å². The van der Waals surface area contributed by atoms with Crippen molar-refractivity contribution in [3.8, 4) is 0 Å². The molecular formula is C17H27F7O2S. The first-order valence-corrected chi connectivity index (χ1v) is 9.77. The number of carbonyl (C=O) groups is 1. The first-order valence-electron chi connectivity index (χ1n) is 8.72. The Bertz CT molecular complexity index is 459. The molecule has 0 spiro atoms. The molecule has 10 heteroatoms. The molecule has 0 fully saturated rings. The van der Waals surface area contributed by atoms with Crippen LogP contribution >= 0.6 is 11.8 Å². The summed E-state index contributed by atoms with van der Waals surface area (Å²) < 4.78 is 93.5. The second-order valence-electron chi connectivity index (χ2n) is 7.27. The lowest BCUT2D eigenvalue weighted by atomic mass is 10.0. The van der Waals surface area contributed by atoms with Crippen molar-refractivity contribution in [1.82, 2.24) is 0 Å². The molecule has 2 nitrogen and oxygen atoms in total. The lowest BCUT2D eigenvalue weighted by Crippen LogP contribution is -2.51. The lowest BCUT2D eigenvalue weighted by Gasteiger charge is -2.28. The zero-order chi connectivity index (χ0) is 21.5. The van der Waals surface area contributed by atoms with E-state index in [1.54, 1.807) is 20.8 Å². The molecule has 0 saturated heterocycles. The van der Waals surface area contributed by atoms with Gasteiger partial charge in [0.25, 0.3) is 0 Å². The molecule has 0 amide bonds. The summed E-state index contributed by atoms with van der Waals surface area (Å²) in [4.78, 5) is 12.1. The van der Waals surface area contributed by atoms with Crippen LogP contribution in [0.15, 0.2) is 0 Å². The van der Waals surface area contributed by atoms with Gasteiger partial charge in [0.2, 0.25) is 0 Å².